The van der Waals surface area contributed by atoms with E-state index in [0.29, 0.717) is 41.1 Å². The lowest BCUT2D eigenvalue weighted by Crippen LogP contribution is -2.67. The highest BCUT2D eigenvalue weighted by molar-refractivity contribution is 6.04. The lowest BCUT2D eigenvalue weighted by Gasteiger charge is -2.72. The number of benzene rings is 1. The maximum absolute atomic E-state index is 14.3. The predicted octanol–water partition coefficient (Wildman–Crippen LogP) is 9.10. The summed E-state index contributed by atoms with van der Waals surface area (Å²) in [7, 11) is 4.89. The molecule has 5 aliphatic rings. The molecule has 0 heterocycles. The molecule has 1 aromatic carbocycles. The summed E-state index contributed by atoms with van der Waals surface area (Å²) >= 11 is 0. The van der Waals surface area contributed by atoms with Gasteiger partial charge in [0.25, 0.3) is 0 Å². The maximum Gasteiger partial charge on any atom is 0.312 e. The molecule has 5 heteroatoms. The molecule has 0 saturated heterocycles. The first-order chi connectivity index (χ1) is 21.2. The van der Waals surface area contributed by atoms with Crippen molar-refractivity contribution in [2.45, 2.75) is 99.3 Å². The highest BCUT2D eigenvalue weighted by Gasteiger charge is 2.72. The number of carbonyl (C=O) groups is 2. The van der Waals surface area contributed by atoms with Gasteiger partial charge < -0.3 is 14.2 Å². The molecule has 0 aliphatic heterocycles. The second-order valence-electron chi connectivity index (χ2n) is 16.8. The number of Topliss-reactive ketones (excluding diaryl/α,β-unsaturated/α-hetero) is 1. The van der Waals surface area contributed by atoms with Crippen molar-refractivity contribution in [2.24, 2.45) is 56.7 Å². The molecule has 246 valence electrons. The van der Waals surface area contributed by atoms with Crippen LogP contribution in [0.5, 0.6) is 11.5 Å². The molecule has 5 nitrogen and oxygen atoms in total. The van der Waals surface area contributed by atoms with Gasteiger partial charge in [0.05, 0.1) is 26.7 Å². The van der Waals surface area contributed by atoms with Gasteiger partial charge in [0.15, 0.2) is 17.3 Å². The number of ketones is 1. The Labute approximate surface area is 271 Å². The van der Waals surface area contributed by atoms with Gasteiger partial charge in [-0.1, -0.05) is 58.9 Å². The number of rotatable bonds is 5. The van der Waals surface area contributed by atoms with Crippen LogP contribution < -0.4 is 9.47 Å². The van der Waals surface area contributed by atoms with Gasteiger partial charge in [0.2, 0.25) is 0 Å². The van der Waals surface area contributed by atoms with Crippen molar-refractivity contribution < 1.29 is 23.8 Å². The van der Waals surface area contributed by atoms with Crippen LogP contribution in [0, 0.1) is 56.7 Å². The van der Waals surface area contributed by atoms with Crippen molar-refractivity contribution >= 4 is 17.8 Å². The van der Waals surface area contributed by atoms with Crippen LogP contribution in [0.1, 0.15) is 105 Å². The third-order valence-electron chi connectivity index (χ3n) is 15.0. The van der Waals surface area contributed by atoms with E-state index in [-0.39, 0.29) is 33.4 Å². The Morgan fingerprint density at radius 3 is 2.27 bits per heavy atom. The van der Waals surface area contributed by atoms with Gasteiger partial charge in [0, 0.05) is 11.0 Å². The molecule has 5 unspecified atom stereocenters. The Bertz CT molecular complexity index is 1440. The summed E-state index contributed by atoms with van der Waals surface area (Å²) in [6.45, 7) is 18.7. The predicted molar refractivity (Wildman–Crippen MR) is 179 cm³/mol. The van der Waals surface area contributed by atoms with Gasteiger partial charge in [0.1, 0.15) is 0 Å². The molecular weight excluding hydrogens is 560 g/mol. The minimum Gasteiger partial charge on any atom is -0.493 e. The first-order valence-corrected chi connectivity index (χ1v) is 17.4. The Balaban J connectivity index is 1.42. The molecule has 0 N–H and O–H groups in total. The van der Waals surface area contributed by atoms with E-state index in [1.165, 1.54) is 5.57 Å². The van der Waals surface area contributed by atoms with Gasteiger partial charge >= 0.3 is 5.97 Å². The average Bonchev–Trinajstić information content (AvgIpc) is 3.41. The maximum atomic E-state index is 14.3. The first-order valence-electron chi connectivity index (χ1n) is 17.4. The van der Waals surface area contributed by atoms with E-state index in [2.05, 4.69) is 54.2 Å². The van der Waals surface area contributed by atoms with Gasteiger partial charge in [-0.2, -0.15) is 0 Å². The van der Waals surface area contributed by atoms with Gasteiger partial charge in [-0.15, -0.1) is 0 Å². The zero-order chi connectivity index (χ0) is 32.7. The van der Waals surface area contributed by atoms with Crippen LogP contribution in [-0.4, -0.2) is 33.1 Å². The van der Waals surface area contributed by atoms with E-state index in [1.54, 1.807) is 21.3 Å². The van der Waals surface area contributed by atoms with E-state index >= 15 is 0 Å². The molecular formula is C40H56O5. The Morgan fingerprint density at radius 2 is 1.62 bits per heavy atom. The molecule has 0 bridgehead atoms. The fraction of sp³-hybridized carbons (Fsp3) is 0.700. The number of carbonyl (C=O) groups excluding carboxylic acids is 2. The van der Waals surface area contributed by atoms with Crippen molar-refractivity contribution in [1.82, 2.24) is 0 Å². The largest absolute Gasteiger partial charge is 0.493 e. The Hall–Kier alpha value is -2.56. The quantitative estimate of drug-likeness (QED) is 0.188. The smallest absolute Gasteiger partial charge is 0.312 e. The van der Waals surface area contributed by atoms with Crippen LogP contribution in [0.3, 0.4) is 0 Å². The number of allylic oxidation sites excluding steroid dienone is 2. The summed E-state index contributed by atoms with van der Waals surface area (Å²) in [6.07, 6.45) is 11.3. The third kappa shape index (κ3) is 4.23. The molecule has 45 heavy (non-hydrogen) atoms. The van der Waals surface area contributed by atoms with Crippen LogP contribution in [0.25, 0.3) is 6.08 Å². The minimum absolute atomic E-state index is 0.0107. The van der Waals surface area contributed by atoms with Crippen LogP contribution in [0.15, 0.2) is 35.9 Å². The van der Waals surface area contributed by atoms with E-state index in [0.717, 1.165) is 68.9 Å². The standard InChI is InChI=1S/C40H56O5/c1-24(2)27-16-19-40(35(42)45-10)21-20-38(6)28(32(27)40)14-15-31-37(5)23-26(22-25-12-11-13-29(43-8)33(25)44-9)34(41)36(3,4)30(37)17-18-39(31,38)7/h11-13,22,27-28,30-32H,1,14-21,23H2,2-10H3/b26-22+/t27-,28?,30?,31?,32?,37-,38+,39+,40?/m0/s1. The summed E-state index contributed by atoms with van der Waals surface area (Å²) in [5.41, 5.74) is 2.41. The summed E-state index contributed by atoms with van der Waals surface area (Å²) in [4.78, 5) is 27.9. The minimum atomic E-state index is -0.451. The third-order valence-corrected chi connectivity index (χ3v) is 15.0. The fourth-order valence-electron chi connectivity index (χ4n) is 12.9. The SMILES string of the molecule is C=C(C)[C@@H]1CCC2(C(=O)OC)CC[C@]3(C)C(CCC4[C@@]5(C)C/C(=C\c6cccc(OC)c6OC)C(=O)C(C)(C)C5CC[C@]43C)C12. The van der Waals surface area contributed by atoms with Crippen molar-refractivity contribution in [3.8, 4) is 11.5 Å². The first kappa shape index (κ1) is 32.4. The molecule has 0 amide bonds. The Kier molecular flexibility index (Phi) is 7.73. The van der Waals surface area contributed by atoms with E-state index in [9.17, 15) is 9.59 Å². The molecule has 5 saturated carbocycles. The zero-order valence-electron chi connectivity index (χ0n) is 29.3. The van der Waals surface area contributed by atoms with Gasteiger partial charge in [-0.25, -0.2) is 0 Å². The van der Waals surface area contributed by atoms with Crippen LogP contribution in [0.4, 0.5) is 0 Å². The van der Waals surface area contributed by atoms with E-state index in [4.69, 9.17) is 14.2 Å². The number of esters is 1. The van der Waals surface area contributed by atoms with Crippen LogP contribution in [-0.2, 0) is 14.3 Å². The average molecular weight is 617 g/mol. The molecule has 5 fully saturated rings. The normalized spacial score (nSPS) is 42.6. The van der Waals surface area contributed by atoms with Crippen molar-refractivity contribution in [3.05, 3.63) is 41.5 Å². The van der Waals surface area contributed by atoms with Crippen molar-refractivity contribution in [2.75, 3.05) is 21.3 Å². The van der Waals surface area contributed by atoms with Crippen LogP contribution >= 0.6 is 0 Å². The number of ether oxygens (including phenoxy) is 3. The molecule has 5 aliphatic carbocycles. The number of hydrogen-bond donors (Lipinski definition) is 0. The van der Waals surface area contributed by atoms with Gasteiger partial charge in [-0.05, 0) is 128 Å². The zero-order valence-corrected chi connectivity index (χ0v) is 29.3. The van der Waals surface area contributed by atoms with Gasteiger partial charge in [-0.3, -0.25) is 9.59 Å². The molecule has 0 aromatic heterocycles. The molecule has 9 atom stereocenters. The second kappa shape index (κ2) is 10.7. The van der Waals surface area contributed by atoms with E-state index in [1.807, 2.05) is 18.2 Å². The highest BCUT2D eigenvalue weighted by Crippen LogP contribution is 2.77. The Morgan fingerprint density at radius 1 is 0.889 bits per heavy atom. The summed E-state index contributed by atoms with van der Waals surface area (Å²) < 4.78 is 16.9. The monoisotopic (exact) mass is 616 g/mol. The van der Waals surface area contributed by atoms with Crippen molar-refractivity contribution in [3.63, 3.8) is 0 Å². The topological polar surface area (TPSA) is 61.8 Å². The number of hydrogen-bond acceptors (Lipinski definition) is 5. The molecule has 1 aromatic rings. The highest BCUT2D eigenvalue weighted by atomic mass is 16.5. The molecule has 6 rings (SSSR count). The lowest BCUT2D eigenvalue weighted by molar-refractivity contribution is -0.232. The second-order valence-corrected chi connectivity index (χ2v) is 16.8. The summed E-state index contributed by atoms with van der Waals surface area (Å²) in [5, 5.41) is 0. The lowest BCUT2D eigenvalue weighted by atomic mass is 9.32. The molecule has 0 spiro atoms. The molecule has 0 radical (unpaired) electrons. The summed E-state index contributed by atoms with van der Waals surface area (Å²) in [6, 6.07) is 5.89. The van der Waals surface area contributed by atoms with Crippen LogP contribution in [0.2, 0.25) is 0 Å². The van der Waals surface area contributed by atoms with Crippen molar-refractivity contribution in [1.29, 1.82) is 0 Å². The van der Waals surface area contributed by atoms with E-state index < -0.39 is 5.41 Å². The number of fused-ring (bicyclic) bond motifs is 7. The number of methoxy groups -OCH3 is 3. The summed E-state index contributed by atoms with van der Waals surface area (Å²) in [5.74, 6) is 3.58. The fourth-order valence-corrected chi connectivity index (χ4v) is 12.9. The number of para-hydroxylation sites is 1.